The van der Waals surface area contributed by atoms with Crippen LogP contribution in [0.2, 0.25) is 0 Å². The fourth-order valence-electron chi connectivity index (χ4n) is 1.88. The van der Waals surface area contributed by atoms with Crippen LogP contribution >= 0.6 is 0 Å². The van der Waals surface area contributed by atoms with Gasteiger partial charge in [-0.2, -0.15) is 0 Å². The molecule has 0 aromatic carbocycles. The van der Waals surface area contributed by atoms with Gasteiger partial charge in [0, 0.05) is 6.42 Å². The van der Waals surface area contributed by atoms with Crippen molar-refractivity contribution in [1.82, 2.24) is 5.32 Å². The van der Waals surface area contributed by atoms with Crippen molar-refractivity contribution in [2.45, 2.75) is 71.1 Å². The number of carbonyl (C=O) groups excluding carboxylic acids is 2. The van der Waals surface area contributed by atoms with Gasteiger partial charge < -0.3 is 11.1 Å². The molecular weight excluding hydrogens is 252 g/mol. The largest absolute Gasteiger partial charge is 0.368 e. The maximum Gasteiger partial charge on any atom is 0.296 e. The first kappa shape index (κ1) is 18.5. The van der Waals surface area contributed by atoms with E-state index in [4.69, 9.17) is 5.73 Å². The van der Waals surface area contributed by atoms with Crippen LogP contribution in [0.15, 0.2) is 0 Å². The second-order valence-corrected chi connectivity index (χ2v) is 5.03. The summed E-state index contributed by atoms with van der Waals surface area (Å²) in [5, 5.41) is 2.33. The minimum Gasteiger partial charge on any atom is -0.368 e. The Morgan fingerprint density at radius 1 is 0.950 bits per heavy atom. The van der Waals surface area contributed by atoms with E-state index in [1.807, 2.05) is 0 Å². The quantitative estimate of drug-likeness (QED) is 0.451. The third-order valence-corrected chi connectivity index (χ3v) is 3.03. The molecule has 0 aliphatic carbocycles. The molecule has 0 radical (unpaired) electrons. The van der Waals surface area contributed by atoms with E-state index in [0.717, 1.165) is 12.8 Å². The molecule has 0 aromatic heterocycles. The van der Waals surface area contributed by atoms with Gasteiger partial charge in [-0.25, -0.2) is 0 Å². The standard InChI is InChI=1S/C16H28N2O2/c1-2-3-4-5-6-7-8-9-10-11-12-13-16(20)18-14-15(17)19/h2-11,14H2,1H3,(H2,17,19)(H,18,20). The van der Waals surface area contributed by atoms with Gasteiger partial charge in [-0.1, -0.05) is 64.2 Å². The van der Waals surface area contributed by atoms with Crippen molar-refractivity contribution < 1.29 is 9.59 Å². The first-order valence-corrected chi connectivity index (χ1v) is 7.71. The van der Waals surface area contributed by atoms with Crippen LogP contribution in [-0.4, -0.2) is 18.4 Å². The van der Waals surface area contributed by atoms with E-state index in [9.17, 15) is 9.59 Å². The van der Waals surface area contributed by atoms with Crippen molar-refractivity contribution in [3.05, 3.63) is 0 Å². The lowest BCUT2D eigenvalue weighted by Gasteiger charge is -2.00. The van der Waals surface area contributed by atoms with Crippen LogP contribution in [0.25, 0.3) is 0 Å². The number of nitrogens with one attached hydrogen (secondary N) is 1. The Hall–Kier alpha value is -1.50. The summed E-state index contributed by atoms with van der Waals surface area (Å²) in [4.78, 5) is 21.5. The molecule has 0 unspecified atom stereocenters. The van der Waals surface area contributed by atoms with E-state index in [0.29, 0.717) is 0 Å². The normalized spacial score (nSPS) is 9.65. The zero-order valence-corrected chi connectivity index (χ0v) is 12.7. The van der Waals surface area contributed by atoms with Crippen LogP contribution in [-0.2, 0) is 9.59 Å². The summed E-state index contributed by atoms with van der Waals surface area (Å²) in [7, 11) is 0. The fourth-order valence-corrected chi connectivity index (χ4v) is 1.88. The monoisotopic (exact) mass is 280 g/mol. The van der Waals surface area contributed by atoms with E-state index in [1.165, 1.54) is 51.4 Å². The lowest BCUT2D eigenvalue weighted by atomic mass is 10.1. The predicted molar refractivity (Wildman–Crippen MR) is 81.8 cm³/mol. The topological polar surface area (TPSA) is 72.2 Å². The van der Waals surface area contributed by atoms with Crippen molar-refractivity contribution in [3.63, 3.8) is 0 Å². The van der Waals surface area contributed by atoms with Crippen LogP contribution in [0.5, 0.6) is 0 Å². The number of hydrogen-bond donors (Lipinski definition) is 2. The Labute approximate surface area is 122 Å². The molecule has 0 fully saturated rings. The van der Waals surface area contributed by atoms with Crippen molar-refractivity contribution in [2.24, 2.45) is 5.73 Å². The number of rotatable bonds is 11. The number of hydrogen-bond acceptors (Lipinski definition) is 2. The minimum absolute atomic E-state index is 0.147. The summed E-state index contributed by atoms with van der Waals surface area (Å²) in [6, 6.07) is 0. The third-order valence-electron chi connectivity index (χ3n) is 3.03. The van der Waals surface area contributed by atoms with Crippen molar-refractivity contribution in [2.75, 3.05) is 6.54 Å². The van der Waals surface area contributed by atoms with Gasteiger partial charge >= 0.3 is 0 Å². The Bertz CT molecular complexity index is 329. The van der Waals surface area contributed by atoms with Gasteiger partial charge in [0.05, 0.1) is 6.54 Å². The first-order valence-electron chi connectivity index (χ1n) is 7.71. The maximum absolute atomic E-state index is 11.1. The fraction of sp³-hybridized carbons (Fsp3) is 0.750. The molecule has 0 aliphatic rings. The van der Waals surface area contributed by atoms with Crippen molar-refractivity contribution in [1.29, 1.82) is 0 Å². The molecule has 2 amide bonds. The van der Waals surface area contributed by atoms with Crippen LogP contribution in [0.4, 0.5) is 0 Å². The van der Waals surface area contributed by atoms with E-state index in [2.05, 4.69) is 24.1 Å². The molecule has 4 nitrogen and oxygen atoms in total. The summed E-state index contributed by atoms with van der Waals surface area (Å²) < 4.78 is 0. The molecule has 0 heterocycles. The zero-order valence-electron chi connectivity index (χ0n) is 12.7. The molecule has 3 N–H and O–H groups in total. The number of nitrogens with two attached hydrogens (primary N) is 1. The highest BCUT2D eigenvalue weighted by atomic mass is 16.2. The lowest BCUT2D eigenvalue weighted by molar-refractivity contribution is -0.121. The number of carbonyl (C=O) groups is 2. The molecule has 0 aromatic rings. The van der Waals surface area contributed by atoms with Gasteiger partial charge in [-0.3, -0.25) is 9.59 Å². The number of amides is 2. The third kappa shape index (κ3) is 14.6. The molecule has 20 heavy (non-hydrogen) atoms. The predicted octanol–water partition coefficient (Wildman–Crippen LogP) is 2.51. The van der Waals surface area contributed by atoms with Gasteiger partial charge in [-0.05, 0) is 12.3 Å². The molecular formula is C16H28N2O2. The van der Waals surface area contributed by atoms with Crippen molar-refractivity contribution in [3.8, 4) is 11.8 Å². The van der Waals surface area contributed by atoms with Crippen LogP contribution < -0.4 is 11.1 Å². The summed E-state index contributed by atoms with van der Waals surface area (Å²) in [5.41, 5.74) is 4.90. The minimum atomic E-state index is -0.556. The molecule has 4 heteroatoms. The highest BCUT2D eigenvalue weighted by Crippen LogP contribution is 2.10. The molecule has 0 aliphatic heterocycles. The van der Waals surface area contributed by atoms with E-state index >= 15 is 0 Å². The Morgan fingerprint density at radius 2 is 1.50 bits per heavy atom. The van der Waals surface area contributed by atoms with Crippen LogP contribution in [0.3, 0.4) is 0 Å². The molecule has 0 saturated carbocycles. The Kier molecular flexibility index (Phi) is 12.9. The summed E-state index contributed by atoms with van der Waals surface area (Å²) in [6.07, 6.45) is 12.2. The van der Waals surface area contributed by atoms with Crippen LogP contribution in [0.1, 0.15) is 71.1 Å². The van der Waals surface area contributed by atoms with E-state index in [1.54, 1.807) is 0 Å². The van der Waals surface area contributed by atoms with Crippen molar-refractivity contribution >= 4 is 11.8 Å². The van der Waals surface area contributed by atoms with Gasteiger partial charge in [0.25, 0.3) is 5.91 Å². The SMILES string of the molecule is CCCCCCCCCCCC#CC(=O)NCC(N)=O. The highest BCUT2D eigenvalue weighted by Gasteiger charge is 1.97. The highest BCUT2D eigenvalue weighted by molar-refractivity contribution is 5.95. The van der Waals surface area contributed by atoms with E-state index < -0.39 is 11.8 Å². The van der Waals surface area contributed by atoms with Gasteiger partial charge in [0.15, 0.2) is 0 Å². The Morgan fingerprint density at radius 3 is 2.05 bits per heavy atom. The first-order chi connectivity index (χ1) is 9.66. The maximum atomic E-state index is 11.1. The van der Waals surface area contributed by atoms with Gasteiger partial charge in [0.2, 0.25) is 5.91 Å². The summed E-state index contributed by atoms with van der Waals surface area (Å²) in [6.45, 7) is 2.08. The summed E-state index contributed by atoms with van der Waals surface area (Å²) >= 11 is 0. The van der Waals surface area contributed by atoms with E-state index in [-0.39, 0.29) is 6.54 Å². The average molecular weight is 280 g/mol. The molecule has 0 spiro atoms. The number of primary amides is 1. The van der Waals surface area contributed by atoms with Gasteiger partial charge in [-0.15, -0.1) is 0 Å². The second-order valence-electron chi connectivity index (χ2n) is 5.03. The number of unbranched alkanes of at least 4 members (excludes halogenated alkanes) is 9. The van der Waals surface area contributed by atoms with Crippen LogP contribution in [0, 0.1) is 11.8 Å². The molecule has 0 rings (SSSR count). The lowest BCUT2D eigenvalue weighted by Crippen LogP contribution is -2.32. The average Bonchev–Trinajstić information content (AvgIpc) is 2.42. The molecule has 0 bridgehead atoms. The summed E-state index contributed by atoms with van der Waals surface area (Å²) in [5.74, 6) is 4.28. The van der Waals surface area contributed by atoms with Gasteiger partial charge in [0.1, 0.15) is 0 Å². The smallest absolute Gasteiger partial charge is 0.296 e. The second kappa shape index (κ2) is 13.9. The zero-order chi connectivity index (χ0) is 15.1. The molecule has 0 atom stereocenters. The Balaban J connectivity index is 3.31. The molecule has 0 saturated heterocycles. The molecule has 114 valence electrons.